The number of ether oxygens (including phenoxy) is 3. The largest absolute Gasteiger partial charge is 0.493 e. The zero-order valence-electron chi connectivity index (χ0n) is 29.2. The third kappa shape index (κ3) is 9.60. The number of hydrogen-bond donors (Lipinski definition) is 3. The molecule has 13 heteroatoms. The molecule has 53 heavy (non-hydrogen) atoms. The van der Waals surface area contributed by atoms with E-state index < -0.39 is 22.0 Å². The van der Waals surface area contributed by atoms with Crippen molar-refractivity contribution in [1.82, 2.24) is 5.32 Å². The number of thioether (sulfide) groups is 1. The first kappa shape index (κ1) is 37.7. The lowest BCUT2D eigenvalue weighted by Crippen LogP contribution is -2.30. The highest BCUT2D eigenvalue weighted by molar-refractivity contribution is 8.00. The van der Waals surface area contributed by atoms with E-state index >= 15 is 0 Å². The Bertz CT molecular complexity index is 2130. The van der Waals surface area contributed by atoms with Gasteiger partial charge in [-0.05, 0) is 78.2 Å². The lowest BCUT2D eigenvalue weighted by Gasteiger charge is -2.18. The maximum absolute atomic E-state index is 13.9. The molecule has 0 fully saturated rings. The summed E-state index contributed by atoms with van der Waals surface area (Å²) in [5.41, 5.74) is 2.83. The average molecular weight is 733 g/mol. The lowest BCUT2D eigenvalue weighted by molar-refractivity contribution is -0.384. The number of amides is 3. The topological polar surface area (TPSA) is 158 Å². The van der Waals surface area contributed by atoms with Crippen molar-refractivity contribution in [2.75, 3.05) is 32.0 Å². The minimum atomic E-state index is -0.725. The molecule has 0 bridgehead atoms. The Kier molecular flexibility index (Phi) is 12.5. The van der Waals surface area contributed by atoms with Crippen LogP contribution in [0.25, 0.3) is 6.08 Å². The van der Waals surface area contributed by atoms with Crippen LogP contribution in [0.15, 0.2) is 126 Å². The summed E-state index contributed by atoms with van der Waals surface area (Å²) in [6.45, 7) is 1.69. The molecule has 1 unspecified atom stereocenters. The highest BCUT2D eigenvalue weighted by Gasteiger charge is 2.24. The van der Waals surface area contributed by atoms with Gasteiger partial charge in [0.25, 0.3) is 17.5 Å². The molecule has 0 spiro atoms. The highest BCUT2D eigenvalue weighted by Crippen LogP contribution is 2.39. The first-order valence-electron chi connectivity index (χ1n) is 16.2. The number of nitro benzene ring substituents is 1. The van der Waals surface area contributed by atoms with Gasteiger partial charge in [-0.2, -0.15) is 0 Å². The van der Waals surface area contributed by atoms with Crippen molar-refractivity contribution in [3.63, 3.8) is 0 Å². The molecular weight excluding hydrogens is 697 g/mol. The highest BCUT2D eigenvalue weighted by atomic mass is 32.2. The molecule has 5 aromatic rings. The molecule has 0 aliphatic heterocycles. The number of carbonyl (C=O) groups is 3. The molecule has 5 aromatic carbocycles. The van der Waals surface area contributed by atoms with Crippen LogP contribution in [-0.4, -0.2) is 44.0 Å². The van der Waals surface area contributed by atoms with Crippen molar-refractivity contribution in [3.8, 4) is 17.2 Å². The number of rotatable bonds is 14. The normalized spacial score (nSPS) is 11.5. The molecule has 0 saturated heterocycles. The Labute approximate surface area is 310 Å². The molecule has 0 heterocycles. The SMILES string of the molecule is COc1cc(/C=C(/NC(=O)c2ccccc2)C(=O)Nc2cccc(SC(C(=O)Nc3ccc([N+](=O)[O-])cc3C)c3ccccc3)c2)cc(OC)c1OC. The van der Waals surface area contributed by atoms with Crippen molar-refractivity contribution >= 4 is 52.6 Å². The van der Waals surface area contributed by atoms with Crippen molar-refractivity contribution < 1.29 is 33.5 Å². The maximum Gasteiger partial charge on any atom is 0.272 e. The number of carbonyl (C=O) groups excluding carboxylic acids is 3. The smallest absolute Gasteiger partial charge is 0.272 e. The van der Waals surface area contributed by atoms with E-state index in [1.54, 1.807) is 67.6 Å². The number of anilines is 2. The van der Waals surface area contributed by atoms with Crippen molar-refractivity contribution in [2.24, 2.45) is 0 Å². The fourth-order valence-corrected chi connectivity index (χ4v) is 6.36. The van der Waals surface area contributed by atoms with E-state index in [2.05, 4.69) is 16.0 Å². The van der Waals surface area contributed by atoms with Gasteiger partial charge in [0.15, 0.2) is 11.5 Å². The molecule has 5 rings (SSSR count). The molecule has 1 atom stereocenters. The standard InChI is InChI=1S/C40H36N4O8S/c1-25-20-30(44(48)49)18-19-32(25)42-40(47)37(27-12-7-5-8-13-27)53-31-17-11-16-29(24-31)41-39(46)33(43-38(45)28-14-9-6-10-15-28)21-26-22-34(50-2)36(52-4)35(23-26)51-3/h5-24,37H,1-4H3,(H,41,46)(H,42,47)(H,43,45)/b33-21+. The molecule has 0 aromatic heterocycles. The van der Waals surface area contributed by atoms with Gasteiger partial charge in [-0.15, -0.1) is 11.8 Å². The van der Waals surface area contributed by atoms with Crippen LogP contribution in [0.1, 0.15) is 32.3 Å². The van der Waals surface area contributed by atoms with Crippen LogP contribution >= 0.6 is 11.8 Å². The summed E-state index contributed by atoms with van der Waals surface area (Å²) in [5, 5.41) is 19.0. The van der Waals surface area contributed by atoms with Crippen molar-refractivity contribution in [3.05, 3.63) is 153 Å². The Hall–Kier alpha value is -6.60. The van der Waals surface area contributed by atoms with Crippen molar-refractivity contribution in [1.29, 1.82) is 0 Å². The van der Waals surface area contributed by atoms with Gasteiger partial charge >= 0.3 is 0 Å². The van der Waals surface area contributed by atoms with Crippen LogP contribution in [-0.2, 0) is 9.59 Å². The summed E-state index contributed by atoms with van der Waals surface area (Å²) in [4.78, 5) is 52.3. The lowest BCUT2D eigenvalue weighted by atomic mass is 10.1. The van der Waals surface area contributed by atoms with Gasteiger partial charge in [0.2, 0.25) is 11.7 Å². The number of benzene rings is 5. The molecule has 3 amide bonds. The molecule has 3 N–H and O–H groups in total. The summed E-state index contributed by atoms with van der Waals surface area (Å²) >= 11 is 1.26. The molecule has 270 valence electrons. The molecule has 0 aliphatic carbocycles. The van der Waals surface area contributed by atoms with E-state index in [0.29, 0.717) is 50.2 Å². The van der Waals surface area contributed by atoms with Gasteiger partial charge in [-0.1, -0.05) is 54.6 Å². The van der Waals surface area contributed by atoms with E-state index in [0.717, 1.165) is 5.56 Å². The maximum atomic E-state index is 13.9. The summed E-state index contributed by atoms with van der Waals surface area (Å²) in [6, 6.07) is 32.2. The zero-order valence-corrected chi connectivity index (χ0v) is 30.1. The zero-order chi connectivity index (χ0) is 37.9. The second kappa shape index (κ2) is 17.6. The summed E-state index contributed by atoms with van der Waals surface area (Å²) in [5.74, 6) is -0.367. The van der Waals surface area contributed by atoms with E-state index in [4.69, 9.17) is 14.2 Å². The van der Waals surface area contributed by atoms with Gasteiger partial charge in [-0.25, -0.2) is 0 Å². The number of non-ortho nitro benzene ring substituents is 1. The van der Waals surface area contributed by atoms with Gasteiger partial charge in [0.1, 0.15) is 10.9 Å². The average Bonchev–Trinajstić information content (AvgIpc) is 3.17. The Morgan fingerprint density at radius 2 is 1.43 bits per heavy atom. The van der Waals surface area contributed by atoms with E-state index in [-0.39, 0.29) is 17.3 Å². The van der Waals surface area contributed by atoms with Crippen LogP contribution in [0.3, 0.4) is 0 Å². The number of nitrogens with one attached hydrogen (secondary N) is 3. The Morgan fingerprint density at radius 1 is 0.774 bits per heavy atom. The van der Waals surface area contributed by atoms with E-state index in [9.17, 15) is 24.5 Å². The van der Waals surface area contributed by atoms with Gasteiger partial charge < -0.3 is 30.2 Å². The first-order chi connectivity index (χ1) is 25.6. The number of nitro groups is 1. The van der Waals surface area contributed by atoms with Crippen LogP contribution < -0.4 is 30.2 Å². The summed E-state index contributed by atoms with van der Waals surface area (Å²) in [7, 11) is 4.43. The number of nitrogens with zero attached hydrogens (tertiary/aromatic N) is 1. The molecule has 0 saturated carbocycles. The third-order valence-corrected chi connectivity index (χ3v) is 9.14. The number of aryl methyl sites for hydroxylation is 1. The molecular formula is C40H36N4O8S. The van der Waals surface area contributed by atoms with Gasteiger partial charge in [0.05, 0.1) is 26.3 Å². The van der Waals surface area contributed by atoms with Crippen molar-refractivity contribution in [2.45, 2.75) is 17.1 Å². The molecule has 12 nitrogen and oxygen atoms in total. The number of hydrogen-bond acceptors (Lipinski definition) is 9. The predicted molar refractivity (Wildman–Crippen MR) is 205 cm³/mol. The molecule has 0 aliphatic rings. The fraction of sp³-hybridized carbons (Fsp3) is 0.125. The minimum absolute atomic E-state index is 0.0637. The Morgan fingerprint density at radius 3 is 2.04 bits per heavy atom. The van der Waals surface area contributed by atoms with Crippen LogP contribution in [0, 0.1) is 17.0 Å². The second-order valence-electron chi connectivity index (χ2n) is 11.5. The first-order valence-corrected chi connectivity index (χ1v) is 17.0. The number of methoxy groups -OCH3 is 3. The summed E-state index contributed by atoms with van der Waals surface area (Å²) in [6.07, 6.45) is 1.50. The van der Waals surface area contributed by atoms with Gasteiger partial charge in [0, 0.05) is 34.0 Å². The van der Waals surface area contributed by atoms with Crippen LogP contribution in [0.2, 0.25) is 0 Å². The second-order valence-corrected chi connectivity index (χ2v) is 12.7. The monoisotopic (exact) mass is 732 g/mol. The van der Waals surface area contributed by atoms with E-state index in [1.165, 1.54) is 57.4 Å². The molecule has 0 radical (unpaired) electrons. The van der Waals surface area contributed by atoms with E-state index in [1.807, 2.05) is 36.4 Å². The Balaban J connectivity index is 1.43. The third-order valence-electron chi connectivity index (χ3n) is 7.89. The predicted octanol–water partition coefficient (Wildman–Crippen LogP) is 7.81. The van der Waals surface area contributed by atoms with Crippen LogP contribution in [0.5, 0.6) is 17.2 Å². The minimum Gasteiger partial charge on any atom is -0.493 e. The van der Waals surface area contributed by atoms with Gasteiger partial charge in [-0.3, -0.25) is 24.5 Å². The quantitative estimate of drug-likeness (QED) is 0.0448. The fourth-order valence-electron chi connectivity index (χ4n) is 5.28. The van der Waals surface area contributed by atoms with Crippen LogP contribution in [0.4, 0.5) is 17.1 Å². The summed E-state index contributed by atoms with van der Waals surface area (Å²) < 4.78 is 16.4.